The molecule has 0 aromatic heterocycles. The second kappa shape index (κ2) is 6.97. The van der Waals surface area contributed by atoms with Crippen molar-refractivity contribution in [2.24, 2.45) is 10.9 Å². The molecular weight excluding hydrogens is 340 g/mol. The molecule has 2 heterocycles. The zero-order valence-electron chi connectivity index (χ0n) is 12.3. The fourth-order valence-corrected chi connectivity index (χ4v) is 3.35. The van der Waals surface area contributed by atoms with E-state index in [1.165, 1.54) is 5.56 Å². The smallest absolute Gasteiger partial charge is 0.192 e. The van der Waals surface area contributed by atoms with Crippen molar-refractivity contribution < 1.29 is 4.74 Å². The van der Waals surface area contributed by atoms with Gasteiger partial charge in [-0.05, 0) is 18.4 Å². The number of hydrogen-bond donors (Lipinski definition) is 1. The molecule has 0 amide bonds. The fraction of sp³-hybridized carbons (Fsp3) is 0.278. The second-order valence-electron chi connectivity index (χ2n) is 5.41. The van der Waals surface area contributed by atoms with Crippen LogP contribution in [-0.2, 0) is 4.74 Å². The van der Waals surface area contributed by atoms with E-state index < -0.39 is 0 Å². The van der Waals surface area contributed by atoms with E-state index in [0.717, 1.165) is 28.8 Å². The number of rotatable bonds is 4. The van der Waals surface area contributed by atoms with E-state index in [2.05, 4.69) is 57.1 Å². The summed E-state index contributed by atoms with van der Waals surface area (Å²) in [5.41, 5.74) is 2.35. The average molecular weight is 359 g/mol. The predicted octanol–water partition coefficient (Wildman–Crippen LogP) is 4.46. The third-order valence-electron chi connectivity index (χ3n) is 3.94. The van der Waals surface area contributed by atoms with Crippen LogP contribution in [0.4, 0.5) is 0 Å². The molecule has 0 aliphatic carbocycles. The van der Waals surface area contributed by atoms with Gasteiger partial charge in [0.2, 0.25) is 0 Å². The molecule has 4 heteroatoms. The van der Waals surface area contributed by atoms with E-state index >= 15 is 0 Å². The van der Waals surface area contributed by atoms with Gasteiger partial charge in [-0.3, -0.25) is 4.99 Å². The Morgan fingerprint density at radius 3 is 2.95 bits per heavy atom. The first-order chi connectivity index (χ1) is 10.8. The molecule has 2 aliphatic rings. The van der Waals surface area contributed by atoms with Gasteiger partial charge < -0.3 is 10.1 Å². The molecule has 2 atom stereocenters. The molecule has 114 valence electrons. The number of aliphatic imine (C=N–C) groups is 1. The van der Waals surface area contributed by atoms with Gasteiger partial charge in [0.1, 0.15) is 6.61 Å². The van der Waals surface area contributed by atoms with Crippen molar-refractivity contribution >= 4 is 22.1 Å². The van der Waals surface area contributed by atoms with Gasteiger partial charge in [-0.15, -0.1) is 6.58 Å². The number of nitrogens with zero attached hydrogens (tertiary/aromatic N) is 1. The average Bonchev–Trinajstić information content (AvgIpc) is 3.04. The molecule has 1 unspecified atom stereocenters. The van der Waals surface area contributed by atoms with Crippen LogP contribution in [0.5, 0.6) is 0 Å². The number of nitrogens with one attached hydrogen (secondary N) is 1. The third-order valence-corrected chi connectivity index (χ3v) is 4.70. The molecule has 3 rings (SSSR count). The van der Waals surface area contributed by atoms with Crippen LogP contribution >= 0.6 is 15.9 Å². The van der Waals surface area contributed by atoms with E-state index in [1.807, 2.05) is 24.6 Å². The van der Waals surface area contributed by atoms with Crippen LogP contribution < -0.4 is 5.32 Å². The molecule has 22 heavy (non-hydrogen) atoms. The number of ether oxygens (including phenoxy) is 1. The van der Waals surface area contributed by atoms with Crippen LogP contribution in [0.1, 0.15) is 24.4 Å². The molecule has 0 spiro atoms. The van der Waals surface area contributed by atoms with Crippen molar-refractivity contribution in [3.63, 3.8) is 0 Å². The third kappa shape index (κ3) is 3.17. The summed E-state index contributed by atoms with van der Waals surface area (Å²) in [5.74, 6) is 1.12. The van der Waals surface area contributed by atoms with Crippen LogP contribution in [0.25, 0.3) is 0 Å². The Morgan fingerprint density at radius 2 is 2.18 bits per heavy atom. The number of allylic oxidation sites excluding steroid dienone is 3. The van der Waals surface area contributed by atoms with Gasteiger partial charge in [-0.2, -0.15) is 0 Å². The molecule has 0 bridgehead atoms. The summed E-state index contributed by atoms with van der Waals surface area (Å²) >= 11 is 3.63. The Bertz CT molecular complexity index is 634. The minimum absolute atomic E-state index is 0.196. The van der Waals surface area contributed by atoms with Crippen molar-refractivity contribution in [3.05, 3.63) is 70.7 Å². The minimum atomic E-state index is 0.196. The molecule has 0 saturated carbocycles. The Hall–Kier alpha value is -1.81. The lowest BCUT2D eigenvalue weighted by atomic mass is 9.93. The van der Waals surface area contributed by atoms with Crippen LogP contribution in [0, 0.1) is 5.92 Å². The summed E-state index contributed by atoms with van der Waals surface area (Å²) < 4.78 is 7.01. The summed E-state index contributed by atoms with van der Waals surface area (Å²) in [4.78, 5) is 4.30. The van der Waals surface area contributed by atoms with Gasteiger partial charge in [-0.25, -0.2) is 0 Å². The van der Waals surface area contributed by atoms with Crippen LogP contribution in [0.3, 0.4) is 0 Å². The van der Waals surface area contributed by atoms with E-state index in [9.17, 15) is 0 Å². The summed E-state index contributed by atoms with van der Waals surface area (Å²) in [5, 5.41) is 3.50. The lowest BCUT2D eigenvalue weighted by Crippen LogP contribution is -2.19. The maximum absolute atomic E-state index is 5.92. The molecule has 1 fully saturated rings. The highest BCUT2D eigenvalue weighted by atomic mass is 79.9. The van der Waals surface area contributed by atoms with Gasteiger partial charge in [0.25, 0.3) is 0 Å². The highest BCUT2D eigenvalue weighted by Crippen LogP contribution is 2.35. The maximum atomic E-state index is 5.92. The Morgan fingerprint density at radius 1 is 1.36 bits per heavy atom. The quantitative estimate of drug-likeness (QED) is 0.806. The molecule has 1 aromatic rings. The second-order valence-corrected chi connectivity index (χ2v) is 6.33. The lowest BCUT2D eigenvalue weighted by molar-refractivity contribution is 0.250. The lowest BCUT2D eigenvalue weighted by Gasteiger charge is -2.21. The molecule has 1 saturated heterocycles. The zero-order chi connectivity index (χ0) is 15.4. The maximum Gasteiger partial charge on any atom is 0.192 e. The highest BCUT2D eigenvalue weighted by Gasteiger charge is 2.29. The topological polar surface area (TPSA) is 33.6 Å². The van der Waals surface area contributed by atoms with Crippen molar-refractivity contribution in [3.8, 4) is 0 Å². The normalized spacial score (nSPS) is 27.0. The van der Waals surface area contributed by atoms with Gasteiger partial charge in [0, 0.05) is 28.4 Å². The van der Waals surface area contributed by atoms with Crippen molar-refractivity contribution in [2.45, 2.75) is 18.9 Å². The highest BCUT2D eigenvalue weighted by molar-refractivity contribution is 9.11. The Labute approximate surface area is 139 Å². The molecule has 3 nitrogen and oxygen atoms in total. The molecule has 2 aliphatic heterocycles. The molecule has 1 aromatic carbocycles. The standard InChI is InChI=1S/C18H19BrN2O/c1-2-3-9-14-15(10-20-11-16(14)19)18-21-17(12-22-18)13-7-5-4-6-8-13/h2,4-8,10-11,14,17,21H,1,3,9,12H2/b18-15+/t14?,17-/m0/s1. The summed E-state index contributed by atoms with van der Waals surface area (Å²) in [7, 11) is 0. The van der Waals surface area contributed by atoms with E-state index in [-0.39, 0.29) is 12.0 Å². The minimum Gasteiger partial charge on any atom is -0.476 e. The molecule has 1 N–H and O–H groups in total. The SMILES string of the molecule is C=CCCC1C(Br)=CN=C/C1=C1/N[C@H](c2ccccc2)CO1. The van der Waals surface area contributed by atoms with Crippen molar-refractivity contribution in [1.82, 2.24) is 5.32 Å². The monoisotopic (exact) mass is 358 g/mol. The van der Waals surface area contributed by atoms with Gasteiger partial charge in [0.05, 0.1) is 6.04 Å². The fourth-order valence-electron chi connectivity index (χ4n) is 2.75. The van der Waals surface area contributed by atoms with Crippen LogP contribution in [-0.4, -0.2) is 12.8 Å². The Kier molecular flexibility index (Phi) is 4.78. The summed E-state index contributed by atoms with van der Waals surface area (Å²) in [6, 6.07) is 10.6. The number of hydrogen-bond acceptors (Lipinski definition) is 3. The Balaban J connectivity index is 1.82. The first-order valence-electron chi connectivity index (χ1n) is 7.47. The first kappa shape index (κ1) is 15.1. The number of halogens is 1. The largest absolute Gasteiger partial charge is 0.476 e. The van der Waals surface area contributed by atoms with E-state index in [1.54, 1.807) is 0 Å². The van der Waals surface area contributed by atoms with Crippen LogP contribution in [0.2, 0.25) is 0 Å². The van der Waals surface area contributed by atoms with E-state index in [4.69, 9.17) is 4.74 Å². The molecule has 0 radical (unpaired) electrons. The van der Waals surface area contributed by atoms with Gasteiger partial charge in [-0.1, -0.05) is 52.3 Å². The summed E-state index contributed by atoms with van der Waals surface area (Å²) in [6.45, 7) is 4.46. The zero-order valence-corrected chi connectivity index (χ0v) is 13.9. The van der Waals surface area contributed by atoms with Crippen molar-refractivity contribution in [2.75, 3.05) is 6.61 Å². The van der Waals surface area contributed by atoms with Crippen LogP contribution in [0.15, 0.2) is 70.1 Å². The summed E-state index contributed by atoms with van der Waals surface area (Å²) in [6.07, 6.45) is 7.66. The molecular formula is C18H19BrN2O. The van der Waals surface area contributed by atoms with Crippen molar-refractivity contribution in [1.29, 1.82) is 0 Å². The van der Waals surface area contributed by atoms with Gasteiger partial charge >= 0.3 is 0 Å². The first-order valence-corrected chi connectivity index (χ1v) is 8.27. The van der Waals surface area contributed by atoms with Gasteiger partial charge in [0.15, 0.2) is 5.88 Å². The predicted molar refractivity (Wildman–Crippen MR) is 93.7 cm³/mol. The van der Waals surface area contributed by atoms with E-state index in [0.29, 0.717) is 6.61 Å². The number of benzene rings is 1.